The molecular formula is C14H18N6O2S. The first kappa shape index (κ1) is 16.7. The number of primary amides is 2. The fourth-order valence-corrected chi connectivity index (χ4v) is 2.64. The van der Waals surface area contributed by atoms with Crippen molar-refractivity contribution in [2.45, 2.75) is 26.3 Å². The molecule has 0 spiro atoms. The Morgan fingerprint density at radius 3 is 2.61 bits per heavy atom. The molecule has 2 rings (SSSR count). The topological polar surface area (TPSA) is 136 Å². The molecule has 2 heterocycles. The third kappa shape index (κ3) is 4.16. The Labute approximate surface area is 137 Å². The number of aryl methyl sites for hydroxylation is 1. The van der Waals surface area contributed by atoms with Crippen LogP contribution in [0.4, 0.5) is 16.4 Å². The van der Waals surface area contributed by atoms with Crippen LogP contribution < -0.4 is 22.1 Å². The number of rotatable bonds is 7. The van der Waals surface area contributed by atoms with Gasteiger partial charge in [-0.3, -0.25) is 9.59 Å². The number of carbonyl (C=O) groups is 2. The Morgan fingerprint density at radius 1 is 1.35 bits per heavy atom. The van der Waals surface area contributed by atoms with Crippen LogP contribution in [-0.4, -0.2) is 27.2 Å². The molecule has 2 amide bonds. The van der Waals surface area contributed by atoms with Crippen LogP contribution in [0.3, 0.4) is 0 Å². The fourth-order valence-electron chi connectivity index (χ4n) is 1.97. The van der Waals surface area contributed by atoms with Crippen LogP contribution in [0.5, 0.6) is 0 Å². The molecule has 0 fully saturated rings. The lowest BCUT2D eigenvalue weighted by molar-refractivity contribution is -0.118. The zero-order valence-corrected chi connectivity index (χ0v) is 13.6. The maximum Gasteiger partial charge on any atom is 0.269 e. The molecule has 9 heteroatoms. The number of aromatic nitrogens is 2. The van der Waals surface area contributed by atoms with Crippen molar-refractivity contribution in [1.29, 1.82) is 0 Å². The zero-order chi connectivity index (χ0) is 17.0. The van der Waals surface area contributed by atoms with Crippen LogP contribution in [0.25, 0.3) is 0 Å². The predicted octanol–water partition coefficient (Wildman–Crippen LogP) is 1.36. The van der Waals surface area contributed by atoms with Gasteiger partial charge in [0.15, 0.2) is 5.69 Å². The number of nitrogens with one attached hydrogen (secondary N) is 2. The van der Waals surface area contributed by atoms with Crippen molar-refractivity contribution in [2.24, 2.45) is 11.5 Å². The summed E-state index contributed by atoms with van der Waals surface area (Å²) < 4.78 is 4.16. The van der Waals surface area contributed by atoms with Crippen molar-refractivity contribution in [3.8, 4) is 0 Å². The Hall–Kier alpha value is -2.68. The number of pyridine rings is 1. The molecule has 0 aromatic carbocycles. The largest absolute Gasteiger partial charge is 0.372 e. The van der Waals surface area contributed by atoms with Gasteiger partial charge in [-0.15, -0.1) is 0 Å². The highest BCUT2D eigenvalue weighted by Crippen LogP contribution is 2.26. The van der Waals surface area contributed by atoms with E-state index in [-0.39, 0.29) is 5.69 Å². The summed E-state index contributed by atoms with van der Waals surface area (Å²) in [6.45, 7) is 3.71. The molecule has 8 nitrogen and oxygen atoms in total. The van der Waals surface area contributed by atoms with Crippen LogP contribution in [0.15, 0.2) is 18.3 Å². The van der Waals surface area contributed by atoms with Gasteiger partial charge in [0, 0.05) is 0 Å². The Morgan fingerprint density at radius 2 is 2.09 bits per heavy atom. The molecule has 0 saturated heterocycles. The Bertz CT molecular complexity index is 730. The summed E-state index contributed by atoms with van der Waals surface area (Å²) in [7, 11) is 0. The van der Waals surface area contributed by atoms with Gasteiger partial charge in [0.1, 0.15) is 11.0 Å². The first-order valence-electron chi connectivity index (χ1n) is 6.96. The summed E-state index contributed by atoms with van der Waals surface area (Å²) >= 11 is 1.26. The smallest absolute Gasteiger partial charge is 0.269 e. The van der Waals surface area contributed by atoms with Crippen molar-refractivity contribution >= 4 is 39.7 Å². The van der Waals surface area contributed by atoms with Crippen molar-refractivity contribution in [1.82, 2.24) is 9.36 Å². The van der Waals surface area contributed by atoms with Gasteiger partial charge in [0.25, 0.3) is 5.91 Å². The van der Waals surface area contributed by atoms with Gasteiger partial charge in [0.2, 0.25) is 5.91 Å². The average Bonchev–Trinajstić information content (AvgIpc) is 2.89. The monoisotopic (exact) mass is 334 g/mol. The van der Waals surface area contributed by atoms with E-state index in [1.165, 1.54) is 17.7 Å². The number of hydrogen-bond donors (Lipinski definition) is 4. The van der Waals surface area contributed by atoms with Gasteiger partial charge >= 0.3 is 0 Å². The van der Waals surface area contributed by atoms with E-state index in [9.17, 15) is 9.59 Å². The third-order valence-corrected chi connectivity index (χ3v) is 3.90. The van der Waals surface area contributed by atoms with Gasteiger partial charge in [-0.05, 0) is 37.0 Å². The summed E-state index contributed by atoms with van der Waals surface area (Å²) in [6.07, 6.45) is 1.97. The molecule has 0 aliphatic heterocycles. The second-order valence-electron chi connectivity index (χ2n) is 4.95. The number of anilines is 3. The highest BCUT2D eigenvalue weighted by Gasteiger charge is 2.16. The van der Waals surface area contributed by atoms with Gasteiger partial charge in [0.05, 0.1) is 23.3 Å². The van der Waals surface area contributed by atoms with Crippen LogP contribution in [0, 0.1) is 6.92 Å². The summed E-state index contributed by atoms with van der Waals surface area (Å²) in [5, 5.41) is 6.81. The van der Waals surface area contributed by atoms with E-state index >= 15 is 0 Å². The SMILES string of the molecule is CCC(Nc1cnc(C(N)=O)c(Nc2cc(C)ns2)c1)C(N)=O. The molecular weight excluding hydrogens is 316 g/mol. The number of carbonyl (C=O) groups excluding carboxylic acids is 2. The third-order valence-electron chi connectivity index (χ3n) is 3.10. The highest BCUT2D eigenvalue weighted by molar-refractivity contribution is 7.10. The van der Waals surface area contributed by atoms with E-state index in [4.69, 9.17) is 11.5 Å². The fraction of sp³-hybridized carbons (Fsp3) is 0.286. The van der Waals surface area contributed by atoms with Gasteiger partial charge < -0.3 is 22.1 Å². The Kier molecular flexibility index (Phi) is 5.12. The molecule has 2 aromatic heterocycles. The van der Waals surface area contributed by atoms with Gasteiger partial charge in [-0.25, -0.2) is 4.98 Å². The summed E-state index contributed by atoms with van der Waals surface area (Å²) in [5.74, 6) is -1.11. The number of amides is 2. The molecule has 2 aromatic rings. The number of hydrogen-bond acceptors (Lipinski definition) is 7. The molecule has 0 aliphatic carbocycles. The molecule has 1 unspecified atom stereocenters. The van der Waals surface area contributed by atoms with Crippen LogP contribution in [0.2, 0.25) is 0 Å². The molecule has 23 heavy (non-hydrogen) atoms. The molecule has 0 aliphatic rings. The molecule has 6 N–H and O–H groups in total. The van der Waals surface area contributed by atoms with Crippen molar-refractivity contribution < 1.29 is 9.59 Å². The first-order valence-corrected chi connectivity index (χ1v) is 7.74. The standard InChI is InChI=1S/C14H18N6O2S/c1-3-9(13(15)21)18-8-5-10(12(14(16)22)17-6-8)19-11-4-7(2)20-23-11/h4-6,9,18-19H,3H2,1-2H3,(H2,15,21)(H2,16,22). The van der Waals surface area contributed by atoms with Gasteiger partial charge in [-0.1, -0.05) is 6.92 Å². The van der Waals surface area contributed by atoms with Crippen molar-refractivity contribution in [3.63, 3.8) is 0 Å². The van der Waals surface area contributed by atoms with E-state index in [1.54, 1.807) is 6.07 Å². The second-order valence-corrected chi connectivity index (χ2v) is 5.75. The average molecular weight is 334 g/mol. The van der Waals surface area contributed by atoms with E-state index < -0.39 is 17.9 Å². The maximum absolute atomic E-state index is 11.5. The van der Waals surface area contributed by atoms with Crippen LogP contribution in [0.1, 0.15) is 29.5 Å². The second kappa shape index (κ2) is 7.05. The Balaban J connectivity index is 2.31. The molecule has 122 valence electrons. The molecule has 0 bridgehead atoms. The van der Waals surface area contributed by atoms with E-state index in [1.807, 2.05) is 19.9 Å². The lowest BCUT2D eigenvalue weighted by atomic mass is 10.2. The first-order chi connectivity index (χ1) is 10.9. The van der Waals surface area contributed by atoms with Gasteiger partial charge in [-0.2, -0.15) is 4.37 Å². The minimum atomic E-state index is -0.651. The minimum absolute atomic E-state index is 0.105. The lowest BCUT2D eigenvalue weighted by Crippen LogP contribution is -2.34. The predicted molar refractivity (Wildman–Crippen MR) is 89.8 cm³/mol. The minimum Gasteiger partial charge on any atom is -0.372 e. The highest BCUT2D eigenvalue weighted by atomic mass is 32.1. The number of nitrogens with zero attached hydrogens (tertiary/aromatic N) is 2. The molecule has 1 atom stereocenters. The van der Waals surface area contributed by atoms with E-state index in [0.717, 1.165) is 10.7 Å². The summed E-state index contributed by atoms with van der Waals surface area (Å²) in [5.41, 5.74) is 12.6. The normalized spacial score (nSPS) is 11.7. The maximum atomic E-state index is 11.5. The lowest BCUT2D eigenvalue weighted by Gasteiger charge is -2.16. The van der Waals surface area contributed by atoms with Crippen molar-refractivity contribution in [3.05, 3.63) is 29.7 Å². The van der Waals surface area contributed by atoms with Crippen LogP contribution in [-0.2, 0) is 4.79 Å². The quantitative estimate of drug-likeness (QED) is 0.603. The molecule has 0 radical (unpaired) electrons. The summed E-state index contributed by atoms with van der Waals surface area (Å²) in [6, 6.07) is 2.98. The van der Waals surface area contributed by atoms with Crippen LogP contribution >= 0.6 is 11.5 Å². The van der Waals surface area contributed by atoms with E-state index in [0.29, 0.717) is 17.8 Å². The summed E-state index contributed by atoms with van der Waals surface area (Å²) in [4.78, 5) is 26.9. The zero-order valence-electron chi connectivity index (χ0n) is 12.8. The molecule has 0 saturated carbocycles. The number of nitrogens with two attached hydrogens (primary N) is 2. The van der Waals surface area contributed by atoms with E-state index in [2.05, 4.69) is 20.0 Å². The van der Waals surface area contributed by atoms with Crippen molar-refractivity contribution in [2.75, 3.05) is 10.6 Å².